The molecule has 8 nitrogen and oxygen atoms in total. The lowest BCUT2D eigenvalue weighted by molar-refractivity contribution is -0.113. The molecule has 0 unspecified atom stereocenters. The Hall–Kier alpha value is -2.20. The number of Topliss-reactive ketones (excluding diaryl/α,β-unsaturated/α-hetero) is 1. The molecule has 1 amide bonds. The van der Waals surface area contributed by atoms with Gasteiger partial charge >= 0.3 is 5.97 Å². The van der Waals surface area contributed by atoms with Crippen LogP contribution in [0.2, 0.25) is 0 Å². The van der Waals surface area contributed by atoms with Crippen molar-refractivity contribution in [2.24, 2.45) is 0 Å². The van der Waals surface area contributed by atoms with Crippen LogP contribution in [0.3, 0.4) is 0 Å². The van der Waals surface area contributed by atoms with Crippen molar-refractivity contribution in [3.05, 3.63) is 21.9 Å². The summed E-state index contributed by atoms with van der Waals surface area (Å²) in [6, 6.07) is 0. The molecule has 0 saturated carbocycles. The van der Waals surface area contributed by atoms with Gasteiger partial charge in [-0.25, -0.2) is 4.79 Å². The highest BCUT2D eigenvalue weighted by molar-refractivity contribution is 7.99. The molecular weight excluding hydrogens is 366 g/mol. The number of anilines is 1. The van der Waals surface area contributed by atoms with E-state index in [-0.39, 0.29) is 34.8 Å². The second-order valence-corrected chi connectivity index (χ2v) is 6.91. The van der Waals surface area contributed by atoms with Crippen molar-refractivity contribution in [2.45, 2.75) is 32.9 Å². The summed E-state index contributed by atoms with van der Waals surface area (Å²) in [5, 5.41) is 10.7. The number of aryl methyl sites for hydroxylation is 1. The number of ether oxygens (including phenoxy) is 1. The Balaban J connectivity index is 2.16. The fourth-order valence-electron chi connectivity index (χ4n) is 2.01. The molecule has 0 saturated heterocycles. The fourth-order valence-corrected chi connectivity index (χ4v) is 3.72. The lowest BCUT2D eigenvalue weighted by Crippen LogP contribution is -2.16. The van der Waals surface area contributed by atoms with Gasteiger partial charge in [-0.1, -0.05) is 11.8 Å². The number of nitrogens with zero attached hydrogens (tertiary/aromatic N) is 2. The molecule has 2 rings (SSSR count). The minimum Gasteiger partial charge on any atom is -0.462 e. The molecule has 2 aromatic rings. The highest BCUT2D eigenvalue weighted by Gasteiger charge is 2.25. The van der Waals surface area contributed by atoms with E-state index in [4.69, 9.17) is 9.15 Å². The van der Waals surface area contributed by atoms with Gasteiger partial charge < -0.3 is 14.5 Å². The molecule has 2 heterocycles. The average Bonchev–Trinajstić information content (AvgIpc) is 3.09. The fraction of sp³-hybridized carbons (Fsp3) is 0.400. The molecular formula is C15H17N3O5S2. The van der Waals surface area contributed by atoms with Gasteiger partial charge in [0.05, 0.1) is 22.8 Å². The highest BCUT2D eigenvalue weighted by Crippen LogP contribution is 2.34. The third kappa shape index (κ3) is 4.67. The van der Waals surface area contributed by atoms with Gasteiger partial charge in [-0.3, -0.25) is 9.59 Å². The maximum Gasteiger partial charge on any atom is 0.341 e. The van der Waals surface area contributed by atoms with Crippen LogP contribution < -0.4 is 5.32 Å². The third-order valence-corrected chi connectivity index (χ3v) is 5.16. The number of hydrogen-bond donors (Lipinski definition) is 1. The largest absolute Gasteiger partial charge is 0.462 e. The lowest BCUT2D eigenvalue weighted by atomic mass is 10.1. The number of ketones is 1. The molecule has 0 aromatic carbocycles. The zero-order chi connectivity index (χ0) is 18.6. The maximum atomic E-state index is 12.2. The van der Waals surface area contributed by atoms with Crippen LogP contribution in [0, 0.1) is 13.8 Å². The molecule has 0 radical (unpaired) electrons. The predicted octanol–water partition coefficient (Wildman–Crippen LogP) is 2.86. The van der Waals surface area contributed by atoms with Crippen molar-refractivity contribution in [2.75, 3.05) is 17.7 Å². The number of aromatic nitrogens is 2. The standard InChI is InChI=1S/C15H17N3O5S2/c1-5-22-14(21)11-7(2)12(8(3)19)25-13(11)16-10(20)6-24-15-18-17-9(4)23-15/h5-6H2,1-4H3,(H,16,20). The first kappa shape index (κ1) is 19.1. The van der Waals surface area contributed by atoms with Crippen LogP contribution in [0.25, 0.3) is 0 Å². The van der Waals surface area contributed by atoms with E-state index in [0.29, 0.717) is 21.3 Å². The minimum atomic E-state index is -0.570. The van der Waals surface area contributed by atoms with E-state index in [1.807, 2.05) is 0 Å². The minimum absolute atomic E-state index is 0.0241. The summed E-state index contributed by atoms with van der Waals surface area (Å²) in [4.78, 5) is 36.5. The van der Waals surface area contributed by atoms with E-state index in [1.54, 1.807) is 20.8 Å². The maximum absolute atomic E-state index is 12.2. The third-order valence-electron chi connectivity index (χ3n) is 3.03. The van der Waals surface area contributed by atoms with E-state index in [0.717, 1.165) is 23.1 Å². The number of esters is 1. The molecule has 0 aliphatic carbocycles. The number of carbonyl (C=O) groups excluding carboxylic acids is 3. The zero-order valence-electron chi connectivity index (χ0n) is 14.2. The molecule has 25 heavy (non-hydrogen) atoms. The summed E-state index contributed by atoms with van der Waals surface area (Å²) < 4.78 is 10.2. The Labute approximate surface area is 152 Å². The average molecular weight is 383 g/mol. The number of thiophene rings is 1. The first-order chi connectivity index (χ1) is 11.8. The molecule has 134 valence electrons. The number of amides is 1. The molecule has 0 fully saturated rings. The van der Waals surface area contributed by atoms with Crippen molar-refractivity contribution in [3.63, 3.8) is 0 Å². The number of rotatable bonds is 7. The number of nitrogens with one attached hydrogen (secondary N) is 1. The number of carbonyl (C=O) groups is 3. The summed E-state index contributed by atoms with van der Waals surface area (Å²) in [5.74, 6) is -0.672. The molecule has 0 aliphatic heterocycles. The van der Waals surface area contributed by atoms with Crippen LogP contribution in [-0.2, 0) is 9.53 Å². The van der Waals surface area contributed by atoms with Crippen molar-refractivity contribution in [1.82, 2.24) is 10.2 Å². The van der Waals surface area contributed by atoms with Crippen molar-refractivity contribution in [1.29, 1.82) is 0 Å². The van der Waals surface area contributed by atoms with E-state index in [9.17, 15) is 14.4 Å². The van der Waals surface area contributed by atoms with Gasteiger partial charge in [-0.2, -0.15) is 0 Å². The summed E-state index contributed by atoms with van der Waals surface area (Å²) in [5.41, 5.74) is 0.718. The van der Waals surface area contributed by atoms with Crippen molar-refractivity contribution >= 4 is 45.8 Å². The van der Waals surface area contributed by atoms with Crippen molar-refractivity contribution in [3.8, 4) is 0 Å². The number of hydrogen-bond acceptors (Lipinski definition) is 9. The van der Waals surface area contributed by atoms with Crippen LogP contribution >= 0.6 is 23.1 Å². The zero-order valence-corrected chi connectivity index (χ0v) is 15.8. The molecule has 1 N–H and O–H groups in total. The second kappa shape index (κ2) is 8.26. The Morgan fingerprint density at radius 1 is 1.28 bits per heavy atom. The van der Waals surface area contributed by atoms with E-state index < -0.39 is 5.97 Å². The van der Waals surface area contributed by atoms with Crippen LogP contribution in [0.15, 0.2) is 9.64 Å². The van der Waals surface area contributed by atoms with E-state index >= 15 is 0 Å². The van der Waals surface area contributed by atoms with Gasteiger partial charge in [-0.05, 0) is 26.3 Å². The Bertz CT molecular complexity index is 812. The molecule has 0 atom stereocenters. The Morgan fingerprint density at radius 2 is 2.00 bits per heavy atom. The van der Waals surface area contributed by atoms with Gasteiger partial charge in [0.15, 0.2) is 5.78 Å². The Kier molecular flexibility index (Phi) is 6.32. The van der Waals surface area contributed by atoms with Crippen LogP contribution in [0.4, 0.5) is 5.00 Å². The number of thioether (sulfide) groups is 1. The van der Waals surface area contributed by atoms with Crippen LogP contribution in [-0.4, -0.2) is 40.2 Å². The Morgan fingerprint density at radius 3 is 2.56 bits per heavy atom. The summed E-state index contributed by atoms with van der Waals surface area (Å²) in [7, 11) is 0. The second-order valence-electron chi connectivity index (χ2n) is 4.96. The van der Waals surface area contributed by atoms with Crippen LogP contribution in [0.5, 0.6) is 0 Å². The van der Waals surface area contributed by atoms with Gasteiger partial charge in [0.1, 0.15) is 5.00 Å². The topological polar surface area (TPSA) is 111 Å². The van der Waals surface area contributed by atoms with Gasteiger partial charge in [0, 0.05) is 6.92 Å². The molecule has 0 spiro atoms. The SMILES string of the molecule is CCOC(=O)c1c(NC(=O)CSc2nnc(C)o2)sc(C(C)=O)c1C. The van der Waals surface area contributed by atoms with Crippen molar-refractivity contribution < 1.29 is 23.5 Å². The van der Waals surface area contributed by atoms with E-state index in [2.05, 4.69) is 15.5 Å². The highest BCUT2D eigenvalue weighted by atomic mass is 32.2. The monoisotopic (exact) mass is 383 g/mol. The van der Waals surface area contributed by atoms with Gasteiger partial charge in [0.2, 0.25) is 11.8 Å². The molecule has 0 bridgehead atoms. The first-order valence-corrected chi connectivity index (χ1v) is 9.17. The van der Waals surface area contributed by atoms with Gasteiger partial charge in [-0.15, -0.1) is 21.5 Å². The van der Waals surface area contributed by atoms with E-state index in [1.165, 1.54) is 6.92 Å². The normalized spacial score (nSPS) is 10.6. The summed E-state index contributed by atoms with van der Waals surface area (Å²) >= 11 is 2.14. The first-order valence-electron chi connectivity index (χ1n) is 7.37. The quantitative estimate of drug-likeness (QED) is 0.441. The molecule has 10 heteroatoms. The summed E-state index contributed by atoms with van der Waals surface area (Å²) in [6.45, 7) is 6.61. The summed E-state index contributed by atoms with van der Waals surface area (Å²) in [6.07, 6.45) is 0. The van der Waals surface area contributed by atoms with Crippen LogP contribution in [0.1, 0.15) is 45.3 Å². The van der Waals surface area contributed by atoms with Gasteiger partial charge in [0.25, 0.3) is 5.22 Å². The predicted molar refractivity (Wildman–Crippen MR) is 93.4 cm³/mol. The molecule has 0 aliphatic rings. The molecule has 2 aromatic heterocycles. The smallest absolute Gasteiger partial charge is 0.341 e. The lowest BCUT2D eigenvalue weighted by Gasteiger charge is -2.06.